The predicted octanol–water partition coefficient (Wildman–Crippen LogP) is 3.71. The molecule has 0 radical (unpaired) electrons. The van der Waals surface area contributed by atoms with Crippen molar-refractivity contribution in [1.82, 2.24) is 4.98 Å². The van der Waals surface area contributed by atoms with E-state index in [1.807, 2.05) is 12.1 Å². The van der Waals surface area contributed by atoms with E-state index in [0.717, 1.165) is 14.7 Å². The summed E-state index contributed by atoms with van der Waals surface area (Å²) in [6, 6.07) is 3.77. The predicted molar refractivity (Wildman–Crippen MR) is 52.3 cm³/mol. The Kier molecular flexibility index (Phi) is 1.87. The highest BCUT2D eigenvalue weighted by atomic mass is 79.9. The van der Waals surface area contributed by atoms with Crippen molar-refractivity contribution in [1.29, 1.82) is 0 Å². The van der Waals surface area contributed by atoms with Crippen molar-refractivity contribution in [3.63, 3.8) is 0 Å². The van der Waals surface area contributed by atoms with Crippen LogP contribution in [-0.4, -0.2) is 4.98 Å². The van der Waals surface area contributed by atoms with Crippen LogP contribution < -0.4 is 0 Å². The third-order valence-electron chi connectivity index (χ3n) is 1.39. The van der Waals surface area contributed by atoms with Crippen LogP contribution in [0.5, 0.6) is 0 Å². The van der Waals surface area contributed by atoms with E-state index in [1.165, 1.54) is 0 Å². The normalized spacial score (nSPS) is 10.7. The third-order valence-corrected chi connectivity index (χ3v) is 3.47. The third kappa shape index (κ3) is 1.17. The maximum absolute atomic E-state index is 5.89. The number of hydrogen-bond acceptors (Lipinski definition) is 2. The molecule has 1 aromatic heterocycles. The molecule has 0 aliphatic rings. The molecule has 1 heterocycles. The topological polar surface area (TPSA) is 12.9 Å². The van der Waals surface area contributed by atoms with Crippen molar-refractivity contribution in [3.8, 4) is 0 Å². The molecule has 0 unspecified atom stereocenters. The fourth-order valence-corrected chi connectivity index (χ4v) is 2.47. The van der Waals surface area contributed by atoms with E-state index in [1.54, 1.807) is 16.8 Å². The summed E-state index contributed by atoms with van der Waals surface area (Å²) in [5.74, 6) is 0. The fourth-order valence-electron chi connectivity index (χ4n) is 0.887. The minimum absolute atomic E-state index is 0.712. The van der Waals surface area contributed by atoms with Gasteiger partial charge in [-0.2, -0.15) is 0 Å². The molecule has 0 spiro atoms. The van der Waals surface area contributed by atoms with Crippen molar-refractivity contribution in [3.05, 3.63) is 27.1 Å². The van der Waals surface area contributed by atoms with Crippen LogP contribution in [0.25, 0.3) is 10.2 Å². The van der Waals surface area contributed by atoms with Gasteiger partial charge in [0.05, 0.1) is 15.2 Å². The van der Waals surface area contributed by atoms with Crippen molar-refractivity contribution in [2.24, 2.45) is 0 Å². The highest BCUT2D eigenvalue weighted by Crippen LogP contribution is 2.31. The summed E-state index contributed by atoms with van der Waals surface area (Å²) in [4.78, 5) is 4.14. The molecule has 0 aliphatic carbocycles. The van der Waals surface area contributed by atoms with Crippen LogP contribution in [0.3, 0.4) is 0 Å². The smallest absolute Gasteiger partial charge is 0.101 e. The summed E-state index contributed by atoms with van der Waals surface area (Å²) in [7, 11) is 0. The summed E-state index contributed by atoms with van der Waals surface area (Å²) in [5, 5.41) is 0.712. The first-order valence-electron chi connectivity index (χ1n) is 2.96. The average molecular weight is 249 g/mol. The van der Waals surface area contributed by atoms with Gasteiger partial charge in [0.2, 0.25) is 0 Å². The van der Waals surface area contributed by atoms with E-state index in [4.69, 9.17) is 11.6 Å². The molecule has 0 amide bonds. The number of halogens is 2. The lowest BCUT2D eigenvalue weighted by atomic mass is 10.3. The number of aromatic nitrogens is 1. The summed E-state index contributed by atoms with van der Waals surface area (Å²) in [6.45, 7) is 0. The SMILES string of the molecule is Clc1ccc(Br)c2scnc12. The summed E-state index contributed by atoms with van der Waals surface area (Å²) < 4.78 is 2.16. The van der Waals surface area contributed by atoms with Gasteiger partial charge in [-0.3, -0.25) is 0 Å². The zero-order valence-electron chi connectivity index (χ0n) is 5.34. The molecule has 0 N–H and O–H groups in total. The summed E-state index contributed by atoms with van der Waals surface area (Å²) in [5.41, 5.74) is 2.67. The number of benzene rings is 1. The van der Waals surface area contributed by atoms with Crippen molar-refractivity contribution >= 4 is 49.1 Å². The number of rotatable bonds is 0. The fraction of sp³-hybridized carbons (Fsp3) is 0. The molecule has 0 atom stereocenters. The highest BCUT2D eigenvalue weighted by molar-refractivity contribution is 9.10. The minimum Gasteiger partial charge on any atom is -0.243 e. The van der Waals surface area contributed by atoms with E-state index in [-0.39, 0.29) is 0 Å². The van der Waals surface area contributed by atoms with Crippen LogP contribution in [0.4, 0.5) is 0 Å². The van der Waals surface area contributed by atoms with Gasteiger partial charge >= 0.3 is 0 Å². The first-order valence-corrected chi connectivity index (χ1v) is 5.01. The second kappa shape index (κ2) is 2.73. The van der Waals surface area contributed by atoms with Gasteiger partial charge in [-0.25, -0.2) is 4.98 Å². The minimum atomic E-state index is 0.712. The summed E-state index contributed by atoms with van der Waals surface area (Å²) in [6.07, 6.45) is 0. The maximum atomic E-state index is 5.89. The van der Waals surface area contributed by atoms with E-state index < -0.39 is 0 Å². The Hall–Kier alpha value is -0.120. The summed E-state index contributed by atoms with van der Waals surface area (Å²) >= 11 is 10.9. The van der Waals surface area contributed by atoms with E-state index >= 15 is 0 Å². The Morgan fingerprint density at radius 1 is 1.45 bits per heavy atom. The van der Waals surface area contributed by atoms with E-state index in [0.29, 0.717) is 5.02 Å². The van der Waals surface area contributed by atoms with Crippen LogP contribution >= 0.6 is 38.9 Å². The molecular formula is C7H3BrClNS. The van der Waals surface area contributed by atoms with Crippen LogP contribution in [0, 0.1) is 0 Å². The lowest BCUT2D eigenvalue weighted by Crippen LogP contribution is -1.70. The Balaban J connectivity index is 2.96. The molecule has 0 saturated carbocycles. The van der Waals surface area contributed by atoms with Crippen LogP contribution in [0.15, 0.2) is 22.1 Å². The lowest BCUT2D eigenvalue weighted by molar-refractivity contribution is 1.50. The second-order valence-corrected chi connectivity index (χ2v) is 4.18. The van der Waals surface area contributed by atoms with Gasteiger partial charge < -0.3 is 0 Å². The van der Waals surface area contributed by atoms with Crippen molar-refractivity contribution in [2.45, 2.75) is 0 Å². The van der Waals surface area contributed by atoms with Gasteiger partial charge in [0.15, 0.2) is 0 Å². The Bertz CT molecular complexity index is 362. The zero-order chi connectivity index (χ0) is 7.84. The van der Waals surface area contributed by atoms with Crippen LogP contribution in [0.1, 0.15) is 0 Å². The molecule has 11 heavy (non-hydrogen) atoms. The number of nitrogens with zero attached hydrogens (tertiary/aromatic N) is 1. The van der Waals surface area contributed by atoms with E-state index in [9.17, 15) is 0 Å². The highest BCUT2D eigenvalue weighted by Gasteiger charge is 2.04. The zero-order valence-corrected chi connectivity index (χ0v) is 8.50. The van der Waals surface area contributed by atoms with Gasteiger partial charge in [0.25, 0.3) is 0 Å². The van der Waals surface area contributed by atoms with Gasteiger partial charge in [0.1, 0.15) is 5.52 Å². The Morgan fingerprint density at radius 2 is 2.27 bits per heavy atom. The van der Waals surface area contributed by atoms with Crippen molar-refractivity contribution < 1.29 is 0 Å². The first kappa shape index (κ1) is 7.53. The molecule has 56 valence electrons. The second-order valence-electron chi connectivity index (χ2n) is 2.06. The maximum Gasteiger partial charge on any atom is 0.101 e. The number of hydrogen-bond donors (Lipinski definition) is 0. The molecule has 0 aliphatic heterocycles. The molecule has 1 nitrogen and oxygen atoms in total. The monoisotopic (exact) mass is 247 g/mol. The quantitative estimate of drug-likeness (QED) is 0.692. The first-order chi connectivity index (χ1) is 5.29. The molecule has 2 rings (SSSR count). The number of thiazole rings is 1. The largest absolute Gasteiger partial charge is 0.243 e. The molecule has 0 saturated heterocycles. The average Bonchev–Trinajstić information content (AvgIpc) is 2.45. The van der Waals surface area contributed by atoms with E-state index in [2.05, 4.69) is 20.9 Å². The Morgan fingerprint density at radius 3 is 3.00 bits per heavy atom. The molecular weight excluding hydrogens is 246 g/mol. The molecule has 1 aromatic carbocycles. The molecule has 0 bridgehead atoms. The van der Waals surface area contributed by atoms with Crippen LogP contribution in [0.2, 0.25) is 5.02 Å². The molecule has 2 aromatic rings. The molecule has 4 heteroatoms. The van der Waals surface area contributed by atoms with Gasteiger partial charge in [-0.15, -0.1) is 11.3 Å². The van der Waals surface area contributed by atoms with Crippen LogP contribution in [-0.2, 0) is 0 Å². The number of fused-ring (bicyclic) bond motifs is 1. The Labute approximate surface area is 81.1 Å². The lowest BCUT2D eigenvalue weighted by Gasteiger charge is -1.93. The van der Waals surface area contributed by atoms with Gasteiger partial charge in [-0.1, -0.05) is 11.6 Å². The van der Waals surface area contributed by atoms with Crippen molar-refractivity contribution in [2.75, 3.05) is 0 Å². The van der Waals surface area contributed by atoms with Gasteiger partial charge in [-0.05, 0) is 28.1 Å². The van der Waals surface area contributed by atoms with Gasteiger partial charge in [0, 0.05) is 4.47 Å². The standard InChI is InChI=1S/C7H3BrClNS/c8-4-1-2-5(9)6-7(4)11-3-10-6/h1-3H. The molecule has 0 fully saturated rings.